The van der Waals surface area contributed by atoms with Gasteiger partial charge in [-0.3, -0.25) is 0 Å². The van der Waals surface area contributed by atoms with Crippen LogP contribution in [0, 0.1) is 0 Å². The van der Waals surface area contributed by atoms with E-state index in [0.29, 0.717) is 22.3 Å². The second-order valence-electron chi connectivity index (χ2n) is 4.12. The van der Waals surface area contributed by atoms with Gasteiger partial charge in [-0.25, -0.2) is 4.68 Å². The molecule has 0 fully saturated rings. The van der Waals surface area contributed by atoms with E-state index in [4.69, 9.17) is 28.9 Å². The standard InChI is InChI=1S/C12H13BrCl2N4/c13-8-5-10(14)12(11(15)6-8)19-7-9(17-18-19)3-1-2-4-16/h5-7H,1-4,16H2. The molecule has 0 aliphatic rings. The highest BCUT2D eigenvalue weighted by atomic mass is 79.9. The number of nitrogens with two attached hydrogens (primary N) is 1. The minimum Gasteiger partial charge on any atom is -0.330 e. The summed E-state index contributed by atoms with van der Waals surface area (Å²) in [5.41, 5.74) is 7.01. The van der Waals surface area contributed by atoms with Crippen LogP contribution in [0.25, 0.3) is 5.69 Å². The first-order valence-electron chi connectivity index (χ1n) is 5.88. The summed E-state index contributed by atoms with van der Waals surface area (Å²) in [4.78, 5) is 0. The third kappa shape index (κ3) is 3.69. The molecule has 0 spiro atoms. The van der Waals surface area contributed by atoms with Crippen LogP contribution in [0.1, 0.15) is 18.5 Å². The molecule has 0 aliphatic heterocycles. The van der Waals surface area contributed by atoms with Gasteiger partial charge in [0.05, 0.1) is 21.9 Å². The predicted octanol–water partition coefficient (Wildman–Crippen LogP) is 3.62. The summed E-state index contributed by atoms with van der Waals surface area (Å²) < 4.78 is 2.43. The Bertz CT molecular complexity index is 548. The van der Waals surface area contributed by atoms with Gasteiger partial charge in [0.1, 0.15) is 5.69 Å². The third-order valence-corrected chi connectivity index (χ3v) is 3.67. The fourth-order valence-electron chi connectivity index (χ4n) is 1.73. The number of aromatic nitrogens is 3. The van der Waals surface area contributed by atoms with Gasteiger partial charge in [-0.15, -0.1) is 5.10 Å². The van der Waals surface area contributed by atoms with Crippen molar-refractivity contribution in [2.24, 2.45) is 5.73 Å². The number of benzene rings is 1. The first-order chi connectivity index (χ1) is 9.11. The number of rotatable bonds is 5. The number of nitrogens with zero attached hydrogens (tertiary/aromatic N) is 3. The van der Waals surface area contributed by atoms with Crippen LogP contribution in [0.4, 0.5) is 0 Å². The molecule has 0 unspecified atom stereocenters. The van der Waals surface area contributed by atoms with Gasteiger partial charge >= 0.3 is 0 Å². The molecule has 2 aromatic rings. The Kier molecular flexibility index (Phi) is 5.21. The van der Waals surface area contributed by atoms with Gasteiger partial charge in [0, 0.05) is 4.47 Å². The van der Waals surface area contributed by atoms with Crippen molar-refractivity contribution in [2.75, 3.05) is 6.54 Å². The first-order valence-corrected chi connectivity index (χ1v) is 7.43. The largest absolute Gasteiger partial charge is 0.330 e. The van der Waals surface area contributed by atoms with Crippen LogP contribution in [-0.2, 0) is 6.42 Å². The number of hydrogen-bond donors (Lipinski definition) is 1. The molecule has 0 amide bonds. The highest BCUT2D eigenvalue weighted by Crippen LogP contribution is 2.31. The summed E-state index contributed by atoms with van der Waals surface area (Å²) in [5, 5.41) is 9.23. The van der Waals surface area contributed by atoms with E-state index < -0.39 is 0 Å². The Morgan fingerprint density at radius 1 is 1.21 bits per heavy atom. The molecular weight excluding hydrogens is 351 g/mol. The van der Waals surface area contributed by atoms with E-state index in [2.05, 4.69) is 26.2 Å². The second-order valence-corrected chi connectivity index (χ2v) is 5.85. The van der Waals surface area contributed by atoms with Crippen LogP contribution in [0.3, 0.4) is 0 Å². The van der Waals surface area contributed by atoms with E-state index >= 15 is 0 Å². The summed E-state index contributed by atoms with van der Waals surface area (Å²) in [5.74, 6) is 0. The zero-order valence-corrected chi connectivity index (χ0v) is 13.2. The lowest BCUT2D eigenvalue weighted by Gasteiger charge is -2.06. The Labute approximate surface area is 130 Å². The van der Waals surface area contributed by atoms with Gasteiger partial charge in [-0.1, -0.05) is 44.3 Å². The van der Waals surface area contributed by atoms with E-state index in [-0.39, 0.29) is 0 Å². The maximum Gasteiger partial charge on any atom is 0.104 e. The van der Waals surface area contributed by atoms with Crippen molar-refractivity contribution in [3.63, 3.8) is 0 Å². The minimum atomic E-state index is 0.526. The second kappa shape index (κ2) is 6.70. The molecule has 2 rings (SSSR count). The third-order valence-electron chi connectivity index (χ3n) is 2.64. The molecule has 4 nitrogen and oxygen atoms in total. The van der Waals surface area contributed by atoms with Crippen molar-refractivity contribution >= 4 is 39.1 Å². The van der Waals surface area contributed by atoms with Crippen molar-refractivity contribution in [1.29, 1.82) is 0 Å². The molecule has 0 saturated heterocycles. The summed E-state index contributed by atoms with van der Waals surface area (Å²) in [6.45, 7) is 0.693. The fraction of sp³-hybridized carbons (Fsp3) is 0.333. The molecule has 7 heteroatoms. The molecule has 19 heavy (non-hydrogen) atoms. The summed E-state index contributed by atoms with van der Waals surface area (Å²) in [6.07, 6.45) is 4.67. The van der Waals surface area contributed by atoms with Gasteiger partial charge in [0.15, 0.2) is 0 Å². The normalized spacial score (nSPS) is 10.9. The average Bonchev–Trinajstić information content (AvgIpc) is 2.76. The van der Waals surface area contributed by atoms with Gasteiger partial charge in [-0.05, 0) is 37.9 Å². The van der Waals surface area contributed by atoms with Crippen LogP contribution in [0.2, 0.25) is 10.0 Å². The van der Waals surface area contributed by atoms with Gasteiger partial charge in [0.25, 0.3) is 0 Å². The Morgan fingerprint density at radius 2 is 1.89 bits per heavy atom. The first kappa shape index (κ1) is 14.8. The lowest BCUT2D eigenvalue weighted by molar-refractivity contribution is 0.727. The topological polar surface area (TPSA) is 56.7 Å². The Hall–Kier alpha value is -0.620. The van der Waals surface area contributed by atoms with Crippen LogP contribution in [-0.4, -0.2) is 21.5 Å². The molecule has 1 heterocycles. The van der Waals surface area contributed by atoms with Crippen molar-refractivity contribution < 1.29 is 0 Å². The van der Waals surface area contributed by atoms with Gasteiger partial charge in [0.2, 0.25) is 0 Å². The quantitative estimate of drug-likeness (QED) is 0.825. The van der Waals surface area contributed by atoms with Gasteiger partial charge < -0.3 is 5.73 Å². The monoisotopic (exact) mass is 362 g/mol. The Morgan fingerprint density at radius 3 is 2.53 bits per heavy atom. The van der Waals surface area contributed by atoms with Crippen molar-refractivity contribution in [1.82, 2.24) is 15.0 Å². The number of hydrogen-bond acceptors (Lipinski definition) is 3. The SMILES string of the molecule is NCCCCc1cn(-c2c(Cl)cc(Br)cc2Cl)nn1. The molecule has 1 aromatic heterocycles. The predicted molar refractivity (Wildman–Crippen MR) is 81.1 cm³/mol. The van der Waals surface area contributed by atoms with Crippen LogP contribution < -0.4 is 5.73 Å². The van der Waals surface area contributed by atoms with Crippen LogP contribution in [0.5, 0.6) is 0 Å². The number of halogens is 3. The van der Waals surface area contributed by atoms with E-state index in [9.17, 15) is 0 Å². The lowest BCUT2D eigenvalue weighted by atomic mass is 10.2. The zero-order chi connectivity index (χ0) is 13.8. The van der Waals surface area contributed by atoms with E-state index in [1.54, 1.807) is 16.8 Å². The van der Waals surface area contributed by atoms with Crippen molar-refractivity contribution in [2.45, 2.75) is 19.3 Å². The molecule has 0 atom stereocenters. The molecule has 0 radical (unpaired) electrons. The molecule has 0 saturated carbocycles. The summed E-state index contributed by atoms with van der Waals surface area (Å²) >= 11 is 15.7. The van der Waals surface area contributed by atoms with Crippen molar-refractivity contribution in [3.8, 4) is 5.69 Å². The highest BCUT2D eigenvalue weighted by molar-refractivity contribution is 9.10. The average molecular weight is 364 g/mol. The lowest BCUT2D eigenvalue weighted by Crippen LogP contribution is -1.99. The zero-order valence-electron chi connectivity index (χ0n) is 10.1. The highest BCUT2D eigenvalue weighted by Gasteiger charge is 2.12. The molecular formula is C12H13BrCl2N4. The number of aryl methyl sites for hydroxylation is 1. The molecule has 1 aromatic carbocycles. The maximum absolute atomic E-state index is 6.19. The van der Waals surface area contributed by atoms with Crippen molar-refractivity contribution in [3.05, 3.63) is 38.5 Å². The van der Waals surface area contributed by atoms with Crippen LogP contribution >= 0.6 is 39.1 Å². The number of unbranched alkanes of at least 4 members (excludes halogenated alkanes) is 1. The van der Waals surface area contributed by atoms with E-state index in [1.165, 1.54) is 0 Å². The summed E-state index contributed by atoms with van der Waals surface area (Å²) in [7, 11) is 0. The molecule has 2 N–H and O–H groups in total. The smallest absolute Gasteiger partial charge is 0.104 e. The minimum absolute atomic E-state index is 0.526. The van der Waals surface area contributed by atoms with E-state index in [1.807, 2.05) is 6.20 Å². The summed E-state index contributed by atoms with van der Waals surface area (Å²) in [6, 6.07) is 3.55. The van der Waals surface area contributed by atoms with Gasteiger partial charge in [-0.2, -0.15) is 0 Å². The Balaban J connectivity index is 2.23. The molecule has 0 aliphatic carbocycles. The molecule has 0 bridgehead atoms. The molecule has 102 valence electrons. The maximum atomic E-state index is 6.19. The van der Waals surface area contributed by atoms with Crippen LogP contribution in [0.15, 0.2) is 22.8 Å². The fourth-order valence-corrected chi connectivity index (χ4v) is 3.11. The van der Waals surface area contributed by atoms with E-state index in [0.717, 1.165) is 29.4 Å².